The molecule has 1 atom stereocenters. The third kappa shape index (κ3) is 3.42. The van der Waals surface area contributed by atoms with Gasteiger partial charge in [0.25, 0.3) is 0 Å². The molecular weight excluding hydrogens is 362 g/mol. The second-order valence-electron chi connectivity index (χ2n) is 6.69. The van der Waals surface area contributed by atoms with E-state index in [4.69, 9.17) is 9.47 Å². The van der Waals surface area contributed by atoms with Gasteiger partial charge in [0.05, 0.1) is 18.7 Å². The van der Waals surface area contributed by atoms with Crippen LogP contribution in [-0.4, -0.2) is 41.1 Å². The first-order valence-electron chi connectivity index (χ1n) is 8.89. The second-order valence-corrected chi connectivity index (χ2v) is 7.27. The van der Waals surface area contributed by atoms with Gasteiger partial charge in [0, 0.05) is 23.4 Å². The fourth-order valence-corrected chi connectivity index (χ4v) is 3.96. The summed E-state index contributed by atoms with van der Waals surface area (Å²) in [7, 11) is 0. The van der Waals surface area contributed by atoms with E-state index in [1.165, 1.54) is 0 Å². The number of hydrogen-bond acceptors (Lipinski definition) is 5. The molecule has 0 aliphatic carbocycles. The SMILES string of the molecule is C/C(=C1/c2ccccc2COc2ccc(C(=O)O)cc21)N1CCOC(S)C1. The molecule has 1 N–H and O–H groups in total. The molecule has 5 nitrogen and oxygen atoms in total. The number of allylic oxidation sites excluding steroid dienone is 1. The summed E-state index contributed by atoms with van der Waals surface area (Å²) in [4.78, 5) is 13.8. The normalized spacial score (nSPS) is 20.8. The van der Waals surface area contributed by atoms with E-state index in [1.807, 2.05) is 18.2 Å². The second kappa shape index (κ2) is 7.29. The van der Waals surface area contributed by atoms with Gasteiger partial charge in [0.1, 0.15) is 17.8 Å². The van der Waals surface area contributed by atoms with Gasteiger partial charge in [0.2, 0.25) is 0 Å². The molecule has 1 saturated heterocycles. The maximum absolute atomic E-state index is 11.5. The zero-order chi connectivity index (χ0) is 19.0. The highest BCUT2D eigenvalue weighted by Crippen LogP contribution is 2.40. The van der Waals surface area contributed by atoms with Crippen LogP contribution in [0.15, 0.2) is 48.2 Å². The van der Waals surface area contributed by atoms with Crippen LogP contribution in [0.25, 0.3) is 5.57 Å². The minimum absolute atomic E-state index is 0.142. The number of nitrogens with zero attached hydrogens (tertiary/aromatic N) is 1. The van der Waals surface area contributed by atoms with Crippen molar-refractivity contribution in [2.24, 2.45) is 0 Å². The summed E-state index contributed by atoms with van der Waals surface area (Å²) in [5.74, 6) is -0.254. The average Bonchev–Trinajstić information content (AvgIpc) is 2.83. The summed E-state index contributed by atoms with van der Waals surface area (Å²) in [6.07, 6.45) is 0. The largest absolute Gasteiger partial charge is 0.488 e. The molecule has 2 aromatic carbocycles. The predicted molar refractivity (Wildman–Crippen MR) is 106 cm³/mol. The Balaban J connectivity index is 1.94. The molecule has 0 bridgehead atoms. The molecule has 2 aliphatic rings. The van der Waals surface area contributed by atoms with Gasteiger partial charge in [-0.25, -0.2) is 4.79 Å². The van der Waals surface area contributed by atoms with Crippen LogP contribution in [0.1, 0.15) is 34.0 Å². The van der Waals surface area contributed by atoms with E-state index in [9.17, 15) is 9.90 Å². The Hall–Kier alpha value is -2.44. The lowest BCUT2D eigenvalue weighted by molar-refractivity contribution is 0.0342. The van der Waals surface area contributed by atoms with E-state index in [-0.39, 0.29) is 11.0 Å². The molecule has 0 aromatic heterocycles. The zero-order valence-electron chi connectivity index (χ0n) is 15.0. The molecule has 2 aromatic rings. The summed E-state index contributed by atoms with van der Waals surface area (Å²) in [6.45, 7) is 4.57. The third-order valence-electron chi connectivity index (χ3n) is 5.05. The Morgan fingerprint density at radius 3 is 2.81 bits per heavy atom. The lowest BCUT2D eigenvalue weighted by Crippen LogP contribution is -2.39. The van der Waals surface area contributed by atoms with Gasteiger partial charge in [-0.3, -0.25) is 0 Å². The lowest BCUT2D eigenvalue weighted by Gasteiger charge is -2.34. The smallest absolute Gasteiger partial charge is 0.335 e. The van der Waals surface area contributed by atoms with Gasteiger partial charge in [-0.05, 0) is 36.2 Å². The van der Waals surface area contributed by atoms with Crippen LogP contribution in [0.5, 0.6) is 5.75 Å². The molecule has 140 valence electrons. The van der Waals surface area contributed by atoms with Crippen LogP contribution < -0.4 is 4.74 Å². The monoisotopic (exact) mass is 383 g/mol. The van der Waals surface area contributed by atoms with Gasteiger partial charge in [-0.15, -0.1) is 12.6 Å². The molecular formula is C21H21NO4S. The van der Waals surface area contributed by atoms with E-state index >= 15 is 0 Å². The third-order valence-corrected chi connectivity index (χ3v) is 5.36. The van der Waals surface area contributed by atoms with Crippen LogP contribution in [0, 0.1) is 0 Å². The predicted octanol–water partition coefficient (Wildman–Crippen LogP) is 3.64. The van der Waals surface area contributed by atoms with Crippen molar-refractivity contribution in [3.63, 3.8) is 0 Å². The topological polar surface area (TPSA) is 59.0 Å². The number of carboxylic acids is 1. The Bertz CT molecular complexity index is 924. The van der Waals surface area contributed by atoms with Gasteiger partial charge in [-0.1, -0.05) is 24.3 Å². The van der Waals surface area contributed by atoms with Crippen LogP contribution in [0.3, 0.4) is 0 Å². The number of ether oxygens (including phenoxy) is 2. The highest BCUT2D eigenvalue weighted by atomic mass is 32.1. The number of fused-ring (bicyclic) bond motifs is 2. The van der Waals surface area contributed by atoms with Crippen molar-refractivity contribution in [3.05, 3.63) is 70.4 Å². The highest BCUT2D eigenvalue weighted by molar-refractivity contribution is 7.80. The number of aromatic carboxylic acids is 1. The van der Waals surface area contributed by atoms with E-state index in [2.05, 4.69) is 30.5 Å². The first-order chi connectivity index (χ1) is 13.0. The first kappa shape index (κ1) is 17.9. The van der Waals surface area contributed by atoms with Crippen molar-refractivity contribution in [2.45, 2.75) is 19.0 Å². The quantitative estimate of drug-likeness (QED) is 0.776. The summed E-state index contributed by atoms with van der Waals surface area (Å²) >= 11 is 4.47. The van der Waals surface area contributed by atoms with E-state index in [0.717, 1.165) is 34.5 Å². The fraction of sp³-hybridized carbons (Fsp3) is 0.286. The van der Waals surface area contributed by atoms with Crippen LogP contribution in [0.2, 0.25) is 0 Å². The van der Waals surface area contributed by atoms with Gasteiger partial charge in [-0.2, -0.15) is 0 Å². The van der Waals surface area contributed by atoms with Gasteiger partial charge >= 0.3 is 5.97 Å². The molecule has 0 saturated carbocycles. The van der Waals surface area contributed by atoms with Crippen molar-refractivity contribution in [2.75, 3.05) is 19.7 Å². The van der Waals surface area contributed by atoms with Crippen molar-refractivity contribution in [1.29, 1.82) is 0 Å². The molecule has 2 heterocycles. The van der Waals surface area contributed by atoms with Gasteiger partial charge in [0.15, 0.2) is 0 Å². The minimum Gasteiger partial charge on any atom is -0.488 e. The lowest BCUT2D eigenvalue weighted by atomic mass is 9.91. The fourth-order valence-electron chi connectivity index (χ4n) is 3.66. The molecule has 4 rings (SSSR count). The molecule has 1 unspecified atom stereocenters. The number of benzene rings is 2. The zero-order valence-corrected chi connectivity index (χ0v) is 15.9. The molecule has 1 fully saturated rings. The molecule has 27 heavy (non-hydrogen) atoms. The number of rotatable bonds is 2. The Morgan fingerprint density at radius 1 is 1.22 bits per heavy atom. The van der Waals surface area contributed by atoms with Crippen LogP contribution >= 0.6 is 12.6 Å². The van der Waals surface area contributed by atoms with Crippen LogP contribution in [0.4, 0.5) is 0 Å². The Labute approximate surface area is 163 Å². The van der Waals surface area contributed by atoms with E-state index in [0.29, 0.717) is 25.5 Å². The van der Waals surface area contributed by atoms with E-state index < -0.39 is 5.97 Å². The summed E-state index contributed by atoms with van der Waals surface area (Å²) < 4.78 is 11.6. The molecule has 0 amide bonds. The number of morpholine rings is 1. The Morgan fingerprint density at radius 2 is 2.04 bits per heavy atom. The molecule has 2 aliphatic heterocycles. The summed E-state index contributed by atoms with van der Waals surface area (Å²) in [6, 6.07) is 13.1. The first-order valence-corrected chi connectivity index (χ1v) is 9.40. The summed E-state index contributed by atoms with van der Waals surface area (Å²) in [5.41, 5.74) is 5.13. The number of hydrogen-bond donors (Lipinski definition) is 2. The number of carboxylic acid groups (broad SMARTS) is 1. The molecule has 0 spiro atoms. The summed E-state index contributed by atoms with van der Waals surface area (Å²) in [5, 5.41) is 9.47. The van der Waals surface area contributed by atoms with Crippen LogP contribution in [-0.2, 0) is 11.3 Å². The Kier molecular flexibility index (Phi) is 4.85. The number of thiol groups is 1. The molecule has 6 heteroatoms. The van der Waals surface area contributed by atoms with Crippen molar-refractivity contribution in [1.82, 2.24) is 4.90 Å². The van der Waals surface area contributed by atoms with Crippen molar-refractivity contribution in [3.8, 4) is 5.75 Å². The van der Waals surface area contributed by atoms with Gasteiger partial charge < -0.3 is 19.5 Å². The average molecular weight is 383 g/mol. The van der Waals surface area contributed by atoms with Crippen molar-refractivity contribution < 1.29 is 19.4 Å². The number of carbonyl (C=O) groups is 1. The minimum atomic E-state index is -0.950. The standard InChI is InChI=1S/C21H21NO4S/c1-13(22-8-9-25-19(27)11-22)20-16-5-3-2-4-15(16)12-26-18-7-6-14(21(23)24)10-17(18)20/h2-7,10,19,27H,8-9,11-12H2,1H3,(H,23,24)/b20-13+. The maximum atomic E-state index is 11.5. The van der Waals surface area contributed by atoms with E-state index in [1.54, 1.807) is 18.2 Å². The molecule has 0 radical (unpaired) electrons. The maximum Gasteiger partial charge on any atom is 0.335 e. The van der Waals surface area contributed by atoms with Crippen molar-refractivity contribution >= 4 is 24.2 Å². The highest BCUT2D eigenvalue weighted by Gasteiger charge is 2.26.